The Kier molecular flexibility index (Phi) is 3.64. The number of nitrogens with zero attached hydrogens (tertiary/aromatic N) is 4. The van der Waals surface area contributed by atoms with Crippen LogP contribution in [0.25, 0.3) is 0 Å². The van der Waals surface area contributed by atoms with Gasteiger partial charge in [-0.3, -0.25) is 5.10 Å². The summed E-state index contributed by atoms with van der Waals surface area (Å²) in [7, 11) is -2.09. The molecule has 0 radical (unpaired) electrons. The number of aromatic nitrogens is 5. The summed E-state index contributed by atoms with van der Waals surface area (Å²) in [5, 5.41) is 6.19. The van der Waals surface area contributed by atoms with Crippen molar-refractivity contribution in [2.24, 2.45) is 7.05 Å². The van der Waals surface area contributed by atoms with Gasteiger partial charge in [0, 0.05) is 20.0 Å². The Morgan fingerprint density at radius 3 is 2.83 bits per heavy atom. The zero-order chi connectivity index (χ0) is 13.2. The molecular formula is C8H11ClN6O2S. The maximum atomic E-state index is 11.9. The molecule has 2 rings (SSSR count). The molecule has 0 unspecified atom stereocenters. The summed E-state index contributed by atoms with van der Waals surface area (Å²) < 4.78 is 27.6. The predicted molar refractivity (Wildman–Crippen MR) is 63.5 cm³/mol. The zero-order valence-electron chi connectivity index (χ0n) is 9.46. The number of imidazole rings is 1. The van der Waals surface area contributed by atoms with Crippen molar-refractivity contribution in [1.82, 2.24) is 29.5 Å². The lowest BCUT2D eigenvalue weighted by atomic mass is 10.4. The summed E-state index contributed by atoms with van der Waals surface area (Å²) in [5.74, 6) is 0.602. The first-order valence-corrected chi connectivity index (χ1v) is 6.87. The second-order valence-corrected chi connectivity index (χ2v) is 5.57. The minimum Gasteiger partial charge on any atom is -0.324 e. The van der Waals surface area contributed by atoms with Crippen LogP contribution in [0.15, 0.2) is 17.7 Å². The molecular weight excluding hydrogens is 280 g/mol. The molecule has 0 spiro atoms. The van der Waals surface area contributed by atoms with Gasteiger partial charge < -0.3 is 4.57 Å². The van der Waals surface area contributed by atoms with Gasteiger partial charge in [0.2, 0.25) is 5.03 Å². The average molecular weight is 291 g/mol. The van der Waals surface area contributed by atoms with Crippen molar-refractivity contribution in [3.05, 3.63) is 23.6 Å². The highest BCUT2D eigenvalue weighted by atomic mass is 35.5. The summed E-state index contributed by atoms with van der Waals surface area (Å²) in [4.78, 5) is 7.63. The van der Waals surface area contributed by atoms with E-state index in [1.54, 1.807) is 7.05 Å². The molecule has 2 aromatic rings. The third-order valence-electron chi connectivity index (χ3n) is 2.21. The standard InChI is InChI=1S/C8H11ClN6O2S/c1-15-5-11-8(7(15)9)18(16,17)13-3-2-6-10-4-12-14-6/h4-5,13H,2-3H2,1H3,(H,10,12,14). The van der Waals surface area contributed by atoms with Crippen LogP contribution in [0.5, 0.6) is 0 Å². The highest BCUT2D eigenvalue weighted by Gasteiger charge is 2.21. The Hall–Kier alpha value is -1.45. The zero-order valence-corrected chi connectivity index (χ0v) is 11.0. The van der Waals surface area contributed by atoms with E-state index in [4.69, 9.17) is 11.6 Å². The number of hydrogen-bond acceptors (Lipinski definition) is 5. The number of aryl methyl sites for hydroxylation is 1. The largest absolute Gasteiger partial charge is 0.324 e. The molecule has 0 aliphatic rings. The molecule has 18 heavy (non-hydrogen) atoms. The fraction of sp³-hybridized carbons (Fsp3) is 0.375. The lowest BCUT2D eigenvalue weighted by Crippen LogP contribution is -2.26. The molecule has 0 amide bonds. The number of rotatable bonds is 5. The SMILES string of the molecule is Cn1cnc(S(=O)(=O)NCCc2ncn[nH]2)c1Cl. The topological polar surface area (TPSA) is 106 Å². The van der Waals surface area contributed by atoms with Crippen molar-refractivity contribution in [3.8, 4) is 0 Å². The Morgan fingerprint density at radius 2 is 2.28 bits per heavy atom. The van der Waals surface area contributed by atoms with Crippen LogP contribution in [0.4, 0.5) is 0 Å². The summed E-state index contributed by atoms with van der Waals surface area (Å²) >= 11 is 5.82. The highest BCUT2D eigenvalue weighted by molar-refractivity contribution is 7.89. The van der Waals surface area contributed by atoms with E-state index >= 15 is 0 Å². The van der Waals surface area contributed by atoms with Crippen molar-refractivity contribution >= 4 is 21.6 Å². The number of H-pyrrole nitrogens is 1. The molecule has 2 heterocycles. The molecule has 0 aromatic carbocycles. The molecule has 10 heteroatoms. The van der Waals surface area contributed by atoms with Gasteiger partial charge in [0.15, 0.2) is 0 Å². The van der Waals surface area contributed by atoms with E-state index in [-0.39, 0.29) is 16.7 Å². The van der Waals surface area contributed by atoms with Crippen LogP contribution in [0, 0.1) is 0 Å². The fourth-order valence-electron chi connectivity index (χ4n) is 1.30. The summed E-state index contributed by atoms with van der Waals surface area (Å²) in [5.41, 5.74) is 0. The molecule has 0 aliphatic carbocycles. The average Bonchev–Trinajstić information content (AvgIpc) is 2.91. The summed E-state index contributed by atoms with van der Waals surface area (Å²) in [6.45, 7) is 0.185. The van der Waals surface area contributed by atoms with Crippen molar-refractivity contribution in [1.29, 1.82) is 0 Å². The first-order valence-electron chi connectivity index (χ1n) is 5.01. The van der Waals surface area contributed by atoms with Crippen LogP contribution >= 0.6 is 11.6 Å². The van der Waals surface area contributed by atoms with Gasteiger partial charge >= 0.3 is 0 Å². The third-order valence-corrected chi connectivity index (χ3v) is 4.16. The maximum Gasteiger partial charge on any atom is 0.261 e. The van der Waals surface area contributed by atoms with Gasteiger partial charge in [0.25, 0.3) is 10.0 Å². The molecule has 98 valence electrons. The van der Waals surface area contributed by atoms with E-state index in [1.807, 2.05) is 0 Å². The molecule has 0 aliphatic heterocycles. The van der Waals surface area contributed by atoms with Crippen LogP contribution in [0.1, 0.15) is 5.82 Å². The lowest BCUT2D eigenvalue weighted by Gasteiger charge is -2.03. The van der Waals surface area contributed by atoms with E-state index in [2.05, 4.69) is 24.9 Å². The third kappa shape index (κ3) is 2.68. The van der Waals surface area contributed by atoms with Gasteiger partial charge in [-0.15, -0.1) is 0 Å². The number of halogens is 1. The molecule has 8 nitrogen and oxygen atoms in total. The van der Waals surface area contributed by atoms with E-state index in [0.29, 0.717) is 12.2 Å². The fourth-order valence-corrected chi connectivity index (χ4v) is 2.75. The van der Waals surface area contributed by atoms with Gasteiger partial charge in [0.1, 0.15) is 17.3 Å². The Bertz CT molecular complexity index is 620. The Balaban J connectivity index is 2.02. The number of sulfonamides is 1. The van der Waals surface area contributed by atoms with Gasteiger partial charge in [-0.25, -0.2) is 23.1 Å². The van der Waals surface area contributed by atoms with Crippen molar-refractivity contribution in [2.75, 3.05) is 6.54 Å². The minimum atomic E-state index is -3.70. The van der Waals surface area contributed by atoms with Gasteiger partial charge in [-0.05, 0) is 0 Å². The monoisotopic (exact) mass is 290 g/mol. The molecule has 0 bridgehead atoms. The summed E-state index contributed by atoms with van der Waals surface area (Å²) in [6, 6.07) is 0. The van der Waals surface area contributed by atoms with E-state index in [1.165, 1.54) is 17.2 Å². The summed E-state index contributed by atoms with van der Waals surface area (Å²) in [6.07, 6.45) is 3.11. The van der Waals surface area contributed by atoms with Crippen molar-refractivity contribution < 1.29 is 8.42 Å². The van der Waals surface area contributed by atoms with Crippen LogP contribution in [0.2, 0.25) is 5.15 Å². The molecule has 0 saturated carbocycles. The van der Waals surface area contributed by atoms with E-state index in [9.17, 15) is 8.42 Å². The molecule has 2 aromatic heterocycles. The minimum absolute atomic E-state index is 0.0714. The number of nitrogens with one attached hydrogen (secondary N) is 2. The Morgan fingerprint density at radius 1 is 1.50 bits per heavy atom. The normalized spacial score (nSPS) is 11.9. The van der Waals surface area contributed by atoms with Crippen LogP contribution in [0.3, 0.4) is 0 Å². The second-order valence-electron chi connectivity index (χ2n) is 3.53. The predicted octanol–water partition coefficient (Wildman–Crippen LogP) is -0.287. The van der Waals surface area contributed by atoms with Crippen LogP contribution in [-0.4, -0.2) is 39.7 Å². The lowest BCUT2D eigenvalue weighted by molar-refractivity contribution is 0.577. The van der Waals surface area contributed by atoms with E-state index in [0.717, 1.165) is 0 Å². The van der Waals surface area contributed by atoms with Crippen molar-refractivity contribution in [2.45, 2.75) is 11.4 Å². The van der Waals surface area contributed by atoms with Gasteiger partial charge in [-0.2, -0.15) is 5.10 Å². The Labute approximate surface area is 108 Å². The first kappa shape index (κ1) is 13.0. The molecule has 0 saturated heterocycles. The quantitative estimate of drug-likeness (QED) is 0.787. The van der Waals surface area contributed by atoms with Gasteiger partial charge in [-0.1, -0.05) is 11.6 Å². The molecule has 2 N–H and O–H groups in total. The molecule has 0 fully saturated rings. The smallest absolute Gasteiger partial charge is 0.261 e. The second kappa shape index (κ2) is 5.04. The van der Waals surface area contributed by atoms with E-state index < -0.39 is 10.0 Å². The number of aromatic amines is 1. The first-order chi connectivity index (χ1) is 8.50. The highest BCUT2D eigenvalue weighted by Crippen LogP contribution is 2.17. The molecule has 0 atom stereocenters. The van der Waals surface area contributed by atoms with Crippen molar-refractivity contribution in [3.63, 3.8) is 0 Å². The maximum absolute atomic E-state index is 11.9. The number of hydrogen-bond donors (Lipinski definition) is 2. The van der Waals surface area contributed by atoms with Crippen LogP contribution in [-0.2, 0) is 23.5 Å². The van der Waals surface area contributed by atoms with Gasteiger partial charge in [0.05, 0.1) is 6.33 Å². The van der Waals surface area contributed by atoms with Crippen LogP contribution < -0.4 is 4.72 Å².